The minimum atomic E-state index is -0.734. The van der Waals surface area contributed by atoms with Gasteiger partial charge in [-0.25, -0.2) is 9.59 Å². The molecular formula is C23H27N3O8. The predicted molar refractivity (Wildman–Crippen MR) is 123 cm³/mol. The Morgan fingerprint density at radius 3 is 2.44 bits per heavy atom. The summed E-state index contributed by atoms with van der Waals surface area (Å²) in [6.07, 6.45) is -0.144. The molecule has 2 heterocycles. The molecule has 3 aromatic rings. The zero-order chi connectivity index (χ0) is 24.7. The van der Waals surface area contributed by atoms with E-state index in [1.54, 1.807) is 12.1 Å². The Labute approximate surface area is 195 Å². The number of amides is 1. The van der Waals surface area contributed by atoms with Crippen LogP contribution in [0.5, 0.6) is 11.8 Å². The van der Waals surface area contributed by atoms with Crippen molar-refractivity contribution < 1.29 is 33.8 Å². The lowest BCUT2D eigenvalue weighted by Crippen LogP contribution is -2.31. The van der Waals surface area contributed by atoms with Crippen molar-refractivity contribution in [3.05, 3.63) is 52.4 Å². The van der Waals surface area contributed by atoms with Crippen LogP contribution < -0.4 is 20.7 Å². The Balaban J connectivity index is 1.46. The summed E-state index contributed by atoms with van der Waals surface area (Å²) >= 11 is 0. The Bertz CT molecular complexity index is 1190. The van der Waals surface area contributed by atoms with E-state index >= 15 is 0 Å². The highest BCUT2D eigenvalue weighted by Crippen LogP contribution is 2.22. The third-order valence-corrected chi connectivity index (χ3v) is 5.07. The van der Waals surface area contributed by atoms with E-state index in [0.717, 1.165) is 18.8 Å². The summed E-state index contributed by atoms with van der Waals surface area (Å²) in [6, 6.07) is 9.32. The van der Waals surface area contributed by atoms with Gasteiger partial charge in [-0.1, -0.05) is 0 Å². The van der Waals surface area contributed by atoms with E-state index in [2.05, 4.69) is 10.2 Å². The van der Waals surface area contributed by atoms with Gasteiger partial charge in [0.05, 0.1) is 19.6 Å². The van der Waals surface area contributed by atoms with E-state index in [1.165, 1.54) is 18.2 Å². The number of rotatable bonds is 11. The normalized spacial score (nSPS) is 10.9. The fraction of sp³-hybridized carbons (Fsp3) is 0.348. The van der Waals surface area contributed by atoms with Crippen molar-refractivity contribution in [1.82, 2.24) is 10.0 Å². The molecule has 0 saturated carbocycles. The van der Waals surface area contributed by atoms with E-state index in [9.17, 15) is 24.6 Å². The van der Waals surface area contributed by atoms with Crippen LogP contribution in [0.15, 0.2) is 45.6 Å². The quantitative estimate of drug-likeness (QED) is 0.280. The van der Waals surface area contributed by atoms with Crippen LogP contribution in [0.3, 0.4) is 0 Å². The maximum atomic E-state index is 12.4. The number of nitrogens with one attached hydrogen (secondary N) is 1. The van der Waals surface area contributed by atoms with Gasteiger partial charge in [-0.2, -0.15) is 0 Å². The van der Waals surface area contributed by atoms with Gasteiger partial charge in [-0.15, -0.1) is 4.73 Å². The summed E-state index contributed by atoms with van der Waals surface area (Å²) in [5, 5.41) is 22.1. The number of ether oxygens (including phenoxy) is 1. The molecule has 0 unspecified atom stereocenters. The number of hydrogen-bond donors (Lipinski definition) is 3. The molecule has 0 spiro atoms. The summed E-state index contributed by atoms with van der Waals surface area (Å²) in [5.74, 6) is -2.16. The van der Waals surface area contributed by atoms with Crippen LogP contribution in [0.4, 0.5) is 5.69 Å². The lowest BCUT2D eigenvalue weighted by atomic mass is 10.1. The van der Waals surface area contributed by atoms with Crippen LogP contribution in [-0.4, -0.2) is 59.7 Å². The van der Waals surface area contributed by atoms with Gasteiger partial charge < -0.3 is 34.4 Å². The molecule has 3 N–H and O–H groups in total. The number of benzene rings is 1. The zero-order valence-corrected chi connectivity index (χ0v) is 18.9. The molecule has 0 aliphatic rings. The minimum Gasteiger partial charge on any atom is -0.492 e. The first-order chi connectivity index (χ1) is 16.3. The second-order valence-electron chi connectivity index (χ2n) is 7.27. The van der Waals surface area contributed by atoms with Crippen LogP contribution in [0.1, 0.15) is 30.6 Å². The third-order valence-electron chi connectivity index (χ3n) is 5.07. The van der Waals surface area contributed by atoms with E-state index in [-0.39, 0.29) is 31.7 Å². The number of aromatic nitrogens is 1. The van der Waals surface area contributed by atoms with Crippen molar-refractivity contribution in [3.63, 3.8) is 0 Å². The van der Waals surface area contributed by atoms with Crippen LogP contribution in [0.25, 0.3) is 11.0 Å². The first-order valence-corrected chi connectivity index (χ1v) is 10.8. The maximum Gasteiger partial charge on any atom is 0.349 e. The summed E-state index contributed by atoms with van der Waals surface area (Å²) in [5.41, 5.74) is 0.489. The van der Waals surface area contributed by atoms with Crippen LogP contribution in [0.2, 0.25) is 0 Å². The third kappa shape index (κ3) is 5.87. The van der Waals surface area contributed by atoms with Crippen molar-refractivity contribution in [2.24, 2.45) is 0 Å². The van der Waals surface area contributed by atoms with E-state index in [4.69, 9.17) is 14.0 Å². The fourth-order valence-electron chi connectivity index (χ4n) is 3.28. The highest BCUT2D eigenvalue weighted by atomic mass is 16.7. The molecule has 0 aliphatic heterocycles. The molecule has 34 heavy (non-hydrogen) atoms. The number of hydrogen-bond acceptors (Lipinski definition) is 9. The number of anilines is 1. The molecule has 0 radical (unpaired) electrons. The molecule has 1 amide bonds. The SMILES string of the molecule is CCN(CC)c1ccc2cc(C(=O)NCCOCCC(=O)On3c(O)ccc3O)c(=O)oc2c1. The predicted octanol–water partition coefficient (Wildman–Crippen LogP) is 1.64. The average Bonchev–Trinajstić information content (AvgIpc) is 3.13. The monoisotopic (exact) mass is 473 g/mol. The van der Waals surface area contributed by atoms with E-state index in [1.807, 2.05) is 19.9 Å². The molecule has 0 fully saturated rings. The molecule has 11 heteroatoms. The van der Waals surface area contributed by atoms with Crippen LogP contribution in [0, 0.1) is 0 Å². The number of carbonyl (C=O) groups excluding carboxylic acids is 2. The van der Waals surface area contributed by atoms with Gasteiger partial charge in [-0.05, 0) is 32.0 Å². The molecule has 1 aromatic carbocycles. The minimum absolute atomic E-state index is 0.00944. The fourth-order valence-corrected chi connectivity index (χ4v) is 3.28. The second-order valence-corrected chi connectivity index (χ2v) is 7.27. The molecule has 0 atom stereocenters. The Hall–Kier alpha value is -3.99. The van der Waals surface area contributed by atoms with Gasteiger partial charge >= 0.3 is 11.6 Å². The Morgan fingerprint density at radius 1 is 1.06 bits per heavy atom. The second kappa shape index (κ2) is 11.2. The van der Waals surface area contributed by atoms with Crippen LogP contribution >= 0.6 is 0 Å². The molecule has 11 nitrogen and oxygen atoms in total. The van der Waals surface area contributed by atoms with Gasteiger partial charge in [0.15, 0.2) is 0 Å². The van der Waals surface area contributed by atoms with Crippen LogP contribution in [-0.2, 0) is 9.53 Å². The lowest BCUT2D eigenvalue weighted by Gasteiger charge is -2.21. The topological polar surface area (TPSA) is 143 Å². The average molecular weight is 473 g/mol. The summed E-state index contributed by atoms with van der Waals surface area (Å²) in [6.45, 7) is 5.88. The highest BCUT2D eigenvalue weighted by molar-refractivity contribution is 5.97. The summed E-state index contributed by atoms with van der Waals surface area (Å²) < 4.78 is 11.2. The molecular weight excluding hydrogens is 446 g/mol. The van der Waals surface area contributed by atoms with Crippen molar-refractivity contribution in [2.45, 2.75) is 20.3 Å². The standard InChI is InChI=1S/C23H27N3O8/c1-3-25(4-2)16-6-5-15-13-17(23(31)33-18(15)14-16)22(30)24-10-12-32-11-9-21(29)34-26-19(27)7-8-20(26)28/h5-8,13-14,27-28H,3-4,9-12H2,1-2H3,(H,24,30). The number of aromatic hydroxyl groups is 2. The van der Waals surface area contributed by atoms with Gasteiger partial charge in [0.2, 0.25) is 11.8 Å². The maximum absolute atomic E-state index is 12.4. The molecule has 0 saturated heterocycles. The summed E-state index contributed by atoms with van der Waals surface area (Å²) in [4.78, 5) is 43.3. The number of nitrogens with zero attached hydrogens (tertiary/aromatic N) is 2. The van der Waals surface area contributed by atoms with Gasteiger partial charge in [0, 0.05) is 48.9 Å². The molecule has 182 valence electrons. The van der Waals surface area contributed by atoms with Crippen molar-refractivity contribution >= 4 is 28.5 Å². The zero-order valence-electron chi connectivity index (χ0n) is 18.9. The van der Waals surface area contributed by atoms with Gasteiger partial charge in [0.1, 0.15) is 11.1 Å². The first-order valence-electron chi connectivity index (χ1n) is 10.8. The van der Waals surface area contributed by atoms with Crippen molar-refractivity contribution in [3.8, 4) is 11.8 Å². The number of fused-ring (bicyclic) bond motifs is 1. The smallest absolute Gasteiger partial charge is 0.349 e. The Morgan fingerprint density at radius 2 is 1.76 bits per heavy atom. The van der Waals surface area contributed by atoms with Gasteiger partial charge in [-0.3, -0.25) is 4.79 Å². The van der Waals surface area contributed by atoms with E-state index < -0.39 is 29.3 Å². The van der Waals surface area contributed by atoms with Crippen molar-refractivity contribution in [2.75, 3.05) is 37.7 Å². The first kappa shape index (κ1) is 24.6. The number of carbonyl (C=O) groups is 2. The molecule has 0 bridgehead atoms. The lowest BCUT2D eigenvalue weighted by molar-refractivity contribution is -0.146. The van der Waals surface area contributed by atoms with Gasteiger partial charge in [0.25, 0.3) is 5.91 Å². The Kier molecular flexibility index (Phi) is 8.14. The highest BCUT2D eigenvalue weighted by Gasteiger charge is 2.15. The van der Waals surface area contributed by atoms with Crippen molar-refractivity contribution in [1.29, 1.82) is 0 Å². The summed E-state index contributed by atoms with van der Waals surface area (Å²) in [7, 11) is 0. The molecule has 3 rings (SSSR count). The molecule has 2 aromatic heterocycles. The van der Waals surface area contributed by atoms with E-state index in [0.29, 0.717) is 15.7 Å². The largest absolute Gasteiger partial charge is 0.492 e. The molecule has 0 aliphatic carbocycles.